The molecule has 102 valence electrons. The average Bonchev–Trinajstić information content (AvgIpc) is 2.23. The van der Waals surface area contributed by atoms with Crippen molar-refractivity contribution in [3.05, 3.63) is 0 Å². The minimum atomic E-state index is -1.50. The van der Waals surface area contributed by atoms with Crippen molar-refractivity contribution >= 4 is 110 Å². The molecule has 0 heterocycles. The summed E-state index contributed by atoms with van der Waals surface area (Å²) < 4.78 is 94.0. The van der Waals surface area contributed by atoms with Gasteiger partial charge < -0.3 is 0 Å². The maximum atomic E-state index is 8.57. The summed E-state index contributed by atoms with van der Waals surface area (Å²) in [6.45, 7) is 0. The first kappa shape index (κ1) is 42.8. The second-order valence-electron chi connectivity index (χ2n) is 0.632. The summed E-state index contributed by atoms with van der Waals surface area (Å²) in [5, 5.41) is 0. The summed E-state index contributed by atoms with van der Waals surface area (Å²) in [7, 11) is 0. The molecule has 0 bridgehead atoms. The molecule has 0 aliphatic rings. The molecular weight excluding hydrogens is 381 g/mol. The maximum absolute atomic E-state index is 8.57. The first-order valence-corrected chi connectivity index (χ1v) is 8.89. The molecule has 0 aliphatic carbocycles. The van der Waals surface area contributed by atoms with Crippen LogP contribution in [0.25, 0.3) is 0 Å². The summed E-state index contributed by atoms with van der Waals surface area (Å²) in [6, 6.07) is 0. The fourth-order valence-corrected chi connectivity index (χ4v) is 0. The predicted octanol–water partition coefficient (Wildman–Crippen LogP) is -7.52. The van der Waals surface area contributed by atoms with E-state index in [1.807, 2.05) is 0 Å². The van der Waals surface area contributed by atoms with Gasteiger partial charge in [-0.1, -0.05) is 0 Å². The van der Waals surface area contributed by atoms with E-state index in [2.05, 4.69) is 0 Å². The first-order chi connectivity index (χ1) is 8.49. The van der Waals surface area contributed by atoms with E-state index in [9.17, 15) is 0 Å². The van der Waals surface area contributed by atoms with Crippen LogP contribution in [0.4, 0.5) is 0 Å². The van der Waals surface area contributed by atoms with Crippen LogP contribution < -0.4 is 0 Å². The molecular formula is H9Al7O12. The Kier molecular flexibility index (Phi) is 272. The Morgan fingerprint density at radius 2 is 0.368 bits per heavy atom. The van der Waals surface area contributed by atoms with Gasteiger partial charge in [0.25, 0.3) is 0 Å². The van der Waals surface area contributed by atoms with Gasteiger partial charge in [-0.05, 0) is 0 Å². The van der Waals surface area contributed by atoms with Crippen molar-refractivity contribution in [2.24, 2.45) is 0 Å². The second-order valence-corrected chi connectivity index (χ2v) is 1.90. The van der Waals surface area contributed by atoms with Crippen LogP contribution >= 0.6 is 0 Å². The van der Waals surface area contributed by atoms with Crippen LogP contribution in [0.2, 0.25) is 0 Å². The van der Waals surface area contributed by atoms with Gasteiger partial charge in [0.1, 0.15) is 0 Å². The Bertz CT molecular complexity index is 110. The Labute approximate surface area is 156 Å². The molecule has 0 aliphatic heterocycles. The van der Waals surface area contributed by atoms with Crippen LogP contribution in [0.15, 0.2) is 0 Å². The summed E-state index contributed by atoms with van der Waals surface area (Å²) >= 11 is -9.00. The van der Waals surface area contributed by atoms with Crippen LogP contribution in [-0.4, -0.2) is 135 Å². The van der Waals surface area contributed by atoms with Gasteiger partial charge in [-0.25, -0.2) is 0 Å². The third-order valence-corrected chi connectivity index (χ3v) is 0. The van der Waals surface area contributed by atoms with Gasteiger partial charge in [-0.2, -0.15) is 0 Å². The fourth-order valence-electron chi connectivity index (χ4n) is 0. The minimum absolute atomic E-state index is 0. The van der Waals surface area contributed by atoms with E-state index in [4.69, 9.17) is 47.8 Å². The Balaban J connectivity index is -0.0000000180. The van der Waals surface area contributed by atoms with Gasteiger partial charge in [0.2, 0.25) is 0 Å². The molecule has 12 nitrogen and oxygen atoms in total. The standard InChI is InChI=1S/7Al.6H2O.6O.3H/h;;;;;;;6*1H2;;;;;;;;;/q;6*+1;;;;;;;;;;;;;;;/p-6. The topological polar surface area (TPSA) is 224 Å². The predicted molar refractivity (Wildman–Crippen MR) is 61.9 cm³/mol. The number of rotatable bonds is 0. The van der Waals surface area contributed by atoms with Crippen LogP contribution in [0.3, 0.4) is 0 Å². The fraction of sp³-hybridized carbons (Fsp3) is 0. The van der Waals surface area contributed by atoms with E-state index in [1.54, 1.807) is 0 Å². The number of hydrogen-bond donors (Lipinski definition) is 6. The zero-order valence-electron chi connectivity index (χ0n) is 8.60. The van der Waals surface area contributed by atoms with E-state index in [0.717, 1.165) is 0 Å². The third-order valence-electron chi connectivity index (χ3n) is 0. The van der Waals surface area contributed by atoms with E-state index in [1.165, 1.54) is 0 Å². The van der Waals surface area contributed by atoms with E-state index < -0.39 is 92.9 Å². The van der Waals surface area contributed by atoms with E-state index in [0.29, 0.717) is 0 Å². The van der Waals surface area contributed by atoms with Crippen molar-refractivity contribution in [1.29, 1.82) is 0 Å². The van der Waals surface area contributed by atoms with Crippen molar-refractivity contribution in [3.8, 4) is 0 Å². The Morgan fingerprint density at radius 3 is 0.368 bits per heavy atom. The van der Waals surface area contributed by atoms with E-state index >= 15 is 0 Å². The summed E-state index contributed by atoms with van der Waals surface area (Å²) in [4.78, 5) is 0. The monoisotopic (exact) mass is 390 g/mol. The molecule has 0 amide bonds. The van der Waals surface area contributed by atoms with Crippen molar-refractivity contribution in [3.63, 3.8) is 0 Å². The van der Waals surface area contributed by atoms with E-state index in [-0.39, 0.29) is 17.4 Å². The van der Waals surface area contributed by atoms with Gasteiger partial charge >= 0.3 is 141 Å². The summed E-state index contributed by atoms with van der Waals surface area (Å²) in [6.07, 6.45) is 0. The number of hydrogen-bond acceptors (Lipinski definition) is 6. The molecule has 0 spiro atoms. The van der Waals surface area contributed by atoms with Crippen molar-refractivity contribution in [2.45, 2.75) is 0 Å². The van der Waals surface area contributed by atoms with Gasteiger partial charge in [0, 0.05) is 0 Å². The zero-order valence-corrected chi connectivity index (χ0v) is 15.5. The molecule has 0 atom stereocenters. The average molecular weight is 390 g/mol. The first-order valence-electron chi connectivity index (χ1n) is 2.96. The molecule has 19 heavy (non-hydrogen) atoms. The van der Waals surface area contributed by atoms with Gasteiger partial charge in [-0.3, -0.25) is 0 Å². The molecule has 19 heteroatoms. The quantitative estimate of drug-likeness (QED) is 0.212. The molecule has 6 N–H and O–H groups in total. The van der Waals surface area contributed by atoms with Gasteiger partial charge in [0.05, 0.1) is 0 Å². The molecule has 0 aromatic rings. The molecule has 0 aromatic heterocycles. The molecule has 0 unspecified atom stereocenters. The molecule has 0 saturated heterocycles. The zero-order chi connectivity index (χ0) is 16.2. The normalized spacial score (nSPS) is 2.53. The van der Waals surface area contributed by atoms with Gasteiger partial charge in [-0.15, -0.1) is 0 Å². The van der Waals surface area contributed by atoms with Crippen molar-refractivity contribution in [1.82, 2.24) is 0 Å². The van der Waals surface area contributed by atoms with Crippen molar-refractivity contribution < 1.29 is 47.8 Å². The summed E-state index contributed by atoms with van der Waals surface area (Å²) in [5.41, 5.74) is 0. The molecule has 0 aromatic carbocycles. The summed E-state index contributed by atoms with van der Waals surface area (Å²) in [5.74, 6) is 0. The second kappa shape index (κ2) is 121. The molecule has 0 rings (SSSR count). The van der Waals surface area contributed by atoms with Crippen LogP contribution in [0, 0.1) is 0 Å². The SMILES string of the molecule is [AlH3].[O]=[Al][OH].[O]=[Al][OH].[O]=[Al][OH].[O]=[Al][OH].[O]=[Al][OH].[O]=[Al][OH]. The Hall–Kier alpha value is 1.33. The third kappa shape index (κ3) is 3290. The Morgan fingerprint density at radius 1 is 0.368 bits per heavy atom. The molecule has 0 fully saturated rings. The molecule has 0 radical (unpaired) electrons. The molecule has 0 saturated carbocycles. The van der Waals surface area contributed by atoms with Gasteiger partial charge in [0.15, 0.2) is 17.4 Å². The van der Waals surface area contributed by atoms with Crippen molar-refractivity contribution in [2.75, 3.05) is 0 Å². The van der Waals surface area contributed by atoms with Crippen LogP contribution in [0.5, 0.6) is 0 Å². The van der Waals surface area contributed by atoms with Crippen LogP contribution in [-0.2, 0) is 22.8 Å². The van der Waals surface area contributed by atoms with Crippen LogP contribution in [0.1, 0.15) is 0 Å².